The zero-order valence-electron chi connectivity index (χ0n) is 5.83. The van der Waals surface area contributed by atoms with Gasteiger partial charge in [0, 0.05) is 6.20 Å². The standard InChI is InChI=1S/C6H11N3O/c1-2-5(10)4-3-8-6(7)9-4/h3,5,10H,2H2,1H3,(H3,7,8,9). The van der Waals surface area contributed by atoms with Crippen LogP contribution in [-0.2, 0) is 0 Å². The van der Waals surface area contributed by atoms with Gasteiger partial charge in [-0.15, -0.1) is 0 Å². The predicted molar refractivity (Wildman–Crippen MR) is 38.3 cm³/mol. The van der Waals surface area contributed by atoms with Crippen LogP contribution in [0.2, 0.25) is 0 Å². The number of hydrogen-bond acceptors (Lipinski definition) is 3. The van der Waals surface area contributed by atoms with Gasteiger partial charge in [-0.1, -0.05) is 6.92 Å². The largest absolute Gasteiger partial charge is 0.387 e. The van der Waals surface area contributed by atoms with Crippen molar-refractivity contribution in [3.63, 3.8) is 0 Å². The van der Waals surface area contributed by atoms with E-state index in [-0.39, 0.29) is 0 Å². The molecule has 4 nitrogen and oxygen atoms in total. The summed E-state index contributed by atoms with van der Waals surface area (Å²) >= 11 is 0. The molecule has 0 amide bonds. The van der Waals surface area contributed by atoms with Crippen LogP contribution in [0.5, 0.6) is 0 Å². The zero-order valence-corrected chi connectivity index (χ0v) is 5.83. The van der Waals surface area contributed by atoms with Crippen molar-refractivity contribution in [2.45, 2.75) is 19.4 Å². The molecule has 0 radical (unpaired) electrons. The first-order chi connectivity index (χ1) is 4.74. The maximum Gasteiger partial charge on any atom is 0.197 e. The van der Waals surface area contributed by atoms with Gasteiger partial charge in [-0.25, -0.2) is 4.98 Å². The van der Waals surface area contributed by atoms with E-state index in [4.69, 9.17) is 5.73 Å². The lowest BCUT2D eigenvalue weighted by Crippen LogP contribution is -1.95. The van der Waals surface area contributed by atoms with E-state index >= 15 is 0 Å². The van der Waals surface area contributed by atoms with Gasteiger partial charge in [-0.3, -0.25) is 0 Å². The van der Waals surface area contributed by atoms with E-state index in [1.807, 2.05) is 6.92 Å². The van der Waals surface area contributed by atoms with Crippen molar-refractivity contribution in [2.75, 3.05) is 5.73 Å². The summed E-state index contributed by atoms with van der Waals surface area (Å²) < 4.78 is 0. The molecule has 56 valence electrons. The number of anilines is 1. The van der Waals surface area contributed by atoms with Crippen molar-refractivity contribution < 1.29 is 5.11 Å². The first-order valence-electron chi connectivity index (χ1n) is 3.23. The summed E-state index contributed by atoms with van der Waals surface area (Å²) in [4.78, 5) is 6.54. The van der Waals surface area contributed by atoms with Crippen LogP contribution >= 0.6 is 0 Å². The average Bonchev–Trinajstić information content (AvgIpc) is 2.34. The Balaban J connectivity index is 2.74. The first kappa shape index (κ1) is 7.08. The van der Waals surface area contributed by atoms with Gasteiger partial charge in [0.05, 0.1) is 11.8 Å². The second-order valence-electron chi connectivity index (χ2n) is 2.13. The van der Waals surface area contributed by atoms with Gasteiger partial charge in [0.25, 0.3) is 0 Å². The van der Waals surface area contributed by atoms with Gasteiger partial charge >= 0.3 is 0 Å². The number of imidazole rings is 1. The zero-order chi connectivity index (χ0) is 7.56. The molecule has 0 aliphatic heterocycles. The van der Waals surface area contributed by atoms with Crippen LogP contribution in [0.1, 0.15) is 25.1 Å². The van der Waals surface area contributed by atoms with Gasteiger partial charge in [0.2, 0.25) is 0 Å². The number of aliphatic hydroxyl groups excluding tert-OH is 1. The number of hydrogen-bond donors (Lipinski definition) is 3. The Bertz CT molecular complexity index is 209. The molecule has 0 aliphatic carbocycles. The number of aromatic amines is 1. The van der Waals surface area contributed by atoms with E-state index in [0.29, 0.717) is 18.1 Å². The average molecular weight is 141 g/mol. The number of rotatable bonds is 2. The maximum atomic E-state index is 9.20. The Labute approximate surface area is 59.1 Å². The molecule has 0 aliphatic rings. The molecule has 0 saturated carbocycles. The van der Waals surface area contributed by atoms with Crippen LogP contribution in [0.25, 0.3) is 0 Å². The summed E-state index contributed by atoms with van der Waals surface area (Å²) in [6.07, 6.45) is 1.78. The van der Waals surface area contributed by atoms with Crippen LogP contribution in [0.3, 0.4) is 0 Å². The quantitative estimate of drug-likeness (QED) is 0.559. The van der Waals surface area contributed by atoms with E-state index in [1.54, 1.807) is 6.20 Å². The van der Waals surface area contributed by atoms with E-state index in [2.05, 4.69) is 9.97 Å². The summed E-state index contributed by atoms with van der Waals surface area (Å²) in [5.74, 6) is 0.350. The molecule has 1 aromatic heterocycles. The van der Waals surface area contributed by atoms with Gasteiger partial charge in [0.1, 0.15) is 0 Å². The molecule has 1 heterocycles. The molecule has 1 rings (SSSR count). The Morgan fingerprint density at radius 3 is 3.00 bits per heavy atom. The highest BCUT2D eigenvalue weighted by molar-refractivity contribution is 5.19. The summed E-state index contributed by atoms with van der Waals surface area (Å²) in [7, 11) is 0. The summed E-state index contributed by atoms with van der Waals surface area (Å²) in [6.45, 7) is 1.88. The minimum absolute atomic E-state index is 0.350. The molecule has 1 unspecified atom stereocenters. The number of nitrogens with one attached hydrogen (secondary N) is 1. The Kier molecular flexibility index (Phi) is 1.91. The van der Waals surface area contributed by atoms with Crippen LogP contribution in [0, 0.1) is 0 Å². The fraction of sp³-hybridized carbons (Fsp3) is 0.500. The monoisotopic (exact) mass is 141 g/mol. The second kappa shape index (κ2) is 2.70. The van der Waals surface area contributed by atoms with Crippen molar-refractivity contribution in [3.05, 3.63) is 11.9 Å². The van der Waals surface area contributed by atoms with Gasteiger partial charge < -0.3 is 15.8 Å². The highest BCUT2D eigenvalue weighted by Crippen LogP contribution is 2.13. The van der Waals surface area contributed by atoms with Crippen molar-refractivity contribution in [2.24, 2.45) is 0 Å². The number of aromatic nitrogens is 2. The Morgan fingerprint density at radius 2 is 2.60 bits per heavy atom. The van der Waals surface area contributed by atoms with Crippen molar-refractivity contribution >= 4 is 5.95 Å². The highest BCUT2D eigenvalue weighted by atomic mass is 16.3. The topological polar surface area (TPSA) is 74.9 Å². The van der Waals surface area contributed by atoms with Gasteiger partial charge in [-0.05, 0) is 6.42 Å². The predicted octanol–water partition coefficient (Wildman–Crippen LogP) is 0.435. The second-order valence-corrected chi connectivity index (χ2v) is 2.13. The summed E-state index contributed by atoms with van der Waals surface area (Å²) in [5.41, 5.74) is 5.90. The molecule has 0 fully saturated rings. The molecule has 10 heavy (non-hydrogen) atoms. The Hall–Kier alpha value is -1.03. The fourth-order valence-corrected chi connectivity index (χ4v) is 0.731. The van der Waals surface area contributed by atoms with E-state index in [0.717, 1.165) is 0 Å². The van der Waals surface area contributed by atoms with E-state index in [1.165, 1.54) is 0 Å². The molecule has 0 aromatic carbocycles. The summed E-state index contributed by atoms with van der Waals surface area (Å²) in [5, 5.41) is 9.20. The molecular weight excluding hydrogens is 130 g/mol. The van der Waals surface area contributed by atoms with Crippen LogP contribution < -0.4 is 5.73 Å². The van der Waals surface area contributed by atoms with Crippen molar-refractivity contribution in [1.29, 1.82) is 0 Å². The molecule has 1 aromatic rings. The lowest BCUT2D eigenvalue weighted by Gasteiger charge is -2.00. The molecule has 0 spiro atoms. The number of nitrogen functional groups attached to an aromatic ring is 1. The van der Waals surface area contributed by atoms with Crippen LogP contribution in [0.4, 0.5) is 5.95 Å². The molecule has 4 heteroatoms. The van der Waals surface area contributed by atoms with E-state index in [9.17, 15) is 5.11 Å². The molecule has 1 atom stereocenters. The van der Waals surface area contributed by atoms with Gasteiger partial charge in [-0.2, -0.15) is 0 Å². The minimum Gasteiger partial charge on any atom is -0.387 e. The first-order valence-corrected chi connectivity index (χ1v) is 3.23. The lowest BCUT2D eigenvalue weighted by atomic mass is 10.2. The number of aliphatic hydroxyl groups is 1. The van der Waals surface area contributed by atoms with Gasteiger partial charge in [0.15, 0.2) is 5.95 Å². The third-order valence-electron chi connectivity index (χ3n) is 1.35. The maximum absolute atomic E-state index is 9.20. The molecule has 4 N–H and O–H groups in total. The Morgan fingerprint density at radius 1 is 1.90 bits per heavy atom. The van der Waals surface area contributed by atoms with Crippen LogP contribution in [0.15, 0.2) is 6.20 Å². The van der Waals surface area contributed by atoms with E-state index < -0.39 is 6.10 Å². The summed E-state index contributed by atoms with van der Waals surface area (Å²) in [6, 6.07) is 0. The SMILES string of the molecule is CCC(O)c1c[nH]c(N)n1. The molecule has 0 bridgehead atoms. The minimum atomic E-state index is -0.492. The molecular formula is C6H11N3O. The number of H-pyrrole nitrogens is 1. The fourth-order valence-electron chi connectivity index (χ4n) is 0.731. The normalized spacial score (nSPS) is 13.4. The van der Waals surface area contributed by atoms with Crippen molar-refractivity contribution in [1.82, 2.24) is 9.97 Å². The number of nitrogens with zero attached hydrogens (tertiary/aromatic N) is 1. The van der Waals surface area contributed by atoms with Crippen LogP contribution in [-0.4, -0.2) is 15.1 Å². The highest BCUT2D eigenvalue weighted by Gasteiger charge is 2.06. The molecule has 0 saturated heterocycles. The van der Waals surface area contributed by atoms with Crippen molar-refractivity contribution in [3.8, 4) is 0 Å². The third kappa shape index (κ3) is 1.27. The smallest absolute Gasteiger partial charge is 0.197 e. The lowest BCUT2D eigenvalue weighted by molar-refractivity contribution is 0.169. The third-order valence-corrected chi connectivity index (χ3v) is 1.35. The number of nitrogens with two attached hydrogens (primary N) is 1.